The first-order valence-corrected chi connectivity index (χ1v) is 8.92. The summed E-state index contributed by atoms with van der Waals surface area (Å²) in [7, 11) is 0. The molecular weight excluding hydrogens is 359 g/mol. The summed E-state index contributed by atoms with van der Waals surface area (Å²) in [5.41, 5.74) is 3.03. The van der Waals surface area contributed by atoms with E-state index in [1.165, 1.54) is 0 Å². The third kappa shape index (κ3) is 3.97. The van der Waals surface area contributed by atoms with E-state index < -0.39 is 0 Å². The summed E-state index contributed by atoms with van der Waals surface area (Å²) < 4.78 is 0. The molecule has 0 saturated carbocycles. The van der Waals surface area contributed by atoms with Crippen molar-refractivity contribution >= 4 is 34.7 Å². The monoisotopic (exact) mass is 376 g/mol. The molecule has 6 heteroatoms. The van der Waals surface area contributed by atoms with E-state index in [-0.39, 0.29) is 22.5 Å². The van der Waals surface area contributed by atoms with Gasteiger partial charge < -0.3 is 10.3 Å². The van der Waals surface area contributed by atoms with Crippen LogP contribution >= 0.6 is 23.2 Å². The molecule has 25 heavy (non-hydrogen) atoms. The van der Waals surface area contributed by atoms with Crippen LogP contribution in [0.5, 0.6) is 0 Å². The van der Waals surface area contributed by atoms with E-state index in [1.807, 2.05) is 31.2 Å². The van der Waals surface area contributed by atoms with Gasteiger partial charge in [-0.1, -0.05) is 48.3 Å². The highest BCUT2D eigenvalue weighted by atomic mass is 35.5. The summed E-state index contributed by atoms with van der Waals surface area (Å²) in [4.78, 5) is 26.2. The Morgan fingerprint density at radius 2 is 2.00 bits per heavy atom. The Labute approximate surface area is 155 Å². The topological polar surface area (TPSA) is 62.0 Å². The predicted octanol–water partition coefficient (Wildman–Crippen LogP) is 3.95. The van der Waals surface area contributed by atoms with E-state index >= 15 is 0 Å². The van der Waals surface area contributed by atoms with Crippen molar-refractivity contribution in [3.8, 4) is 0 Å². The minimum atomic E-state index is -0.350. The average molecular weight is 377 g/mol. The van der Waals surface area contributed by atoms with Crippen LogP contribution in [0.1, 0.15) is 36.6 Å². The number of aromatic amines is 1. The maximum Gasteiger partial charge on any atom is 0.267 e. The van der Waals surface area contributed by atoms with Crippen LogP contribution in [0.3, 0.4) is 0 Å². The van der Waals surface area contributed by atoms with Gasteiger partial charge in [0.2, 0.25) is 5.91 Å². The SMILES string of the molecule is CCc1ccc(/C(=C/[C@H]2CCC(=O)N2)c2ccc(Cl)c(=O)[nH]2)cc1Cl. The Bertz CT molecular complexity index is 903. The van der Waals surface area contributed by atoms with Crippen molar-refractivity contribution in [1.29, 1.82) is 0 Å². The molecule has 0 radical (unpaired) electrons. The molecule has 3 rings (SSSR count). The number of aryl methyl sites for hydroxylation is 1. The Balaban J connectivity index is 2.09. The van der Waals surface area contributed by atoms with E-state index in [0.717, 1.165) is 29.5 Å². The molecule has 0 spiro atoms. The quantitative estimate of drug-likeness (QED) is 0.848. The molecule has 1 fully saturated rings. The summed E-state index contributed by atoms with van der Waals surface area (Å²) in [6, 6.07) is 9.08. The van der Waals surface area contributed by atoms with Crippen LogP contribution in [0.4, 0.5) is 0 Å². The average Bonchev–Trinajstić information content (AvgIpc) is 3.00. The number of rotatable bonds is 4. The Morgan fingerprint density at radius 3 is 2.60 bits per heavy atom. The lowest BCUT2D eigenvalue weighted by Gasteiger charge is -2.13. The zero-order valence-electron chi connectivity index (χ0n) is 13.7. The molecule has 4 nitrogen and oxygen atoms in total. The second-order valence-corrected chi connectivity index (χ2v) is 6.82. The number of benzene rings is 1. The maximum atomic E-state index is 11.9. The summed E-state index contributed by atoms with van der Waals surface area (Å²) in [5, 5.41) is 3.73. The van der Waals surface area contributed by atoms with Gasteiger partial charge in [-0.2, -0.15) is 0 Å². The first-order valence-electron chi connectivity index (χ1n) is 8.17. The fourth-order valence-electron chi connectivity index (χ4n) is 2.92. The van der Waals surface area contributed by atoms with Crippen LogP contribution in [0.2, 0.25) is 10.0 Å². The van der Waals surface area contributed by atoms with Gasteiger partial charge in [0.1, 0.15) is 5.02 Å². The molecule has 2 heterocycles. The second-order valence-electron chi connectivity index (χ2n) is 6.00. The third-order valence-electron chi connectivity index (χ3n) is 4.29. The summed E-state index contributed by atoms with van der Waals surface area (Å²) in [6.45, 7) is 2.04. The third-order valence-corrected chi connectivity index (χ3v) is 4.94. The Morgan fingerprint density at radius 1 is 1.20 bits per heavy atom. The number of nitrogens with one attached hydrogen (secondary N) is 2. The molecule has 1 aliphatic rings. The van der Waals surface area contributed by atoms with Crippen LogP contribution in [-0.2, 0) is 11.2 Å². The number of hydrogen-bond donors (Lipinski definition) is 2. The largest absolute Gasteiger partial charge is 0.350 e. The molecule has 1 aromatic heterocycles. The number of halogens is 2. The smallest absolute Gasteiger partial charge is 0.267 e. The normalized spacial score (nSPS) is 17.6. The molecular formula is C19H18Cl2N2O2. The van der Waals surface area contributed by atoms with E-state index in [1.54, 1.807) is 12.1 Å². The second kappa shape index (κ2) is 7.46. The number of aromatic nitrogens is 1. The van der Waals surface area contributed by atoms with E-state index in [4.69, 9.17) is 23.2 Å². The number of H-pyrrole nitrogens is 1. The minimum Gasteiger partial charge on any atom is -0.350 e. The van der Waals surface area contributed by atoms with Crippen molar-refractivity contribution in [2.45, 2.75) is 32.2 Å². The number of pyridine rings is 1. The Kier molecular flexibility index (Phi) is 5.30. The van der Waals surface area contributed by atoms with Crippen molar-refractivity contribution in [1.82, 2.24) is 10.3 Å². The van der Waals surface area contributed by atoms with Gasteiger partial charge in [0.05, 0.1) is 0 Å². The van der Waals surface area contributed by atoms with Crippen LogP contribution in [0.15, 0.2) is 41.2 Å². The lowest BCUT2D eigenvalue weighted by atomic mass is 9.97. The van der Waals surface area contributed by atoms with Crippen molar-refractivity contribution in [2.24, 2.45) is 0 Å². The molecule has 1 aromatic carbocycles. The van der Waals surface area contributed by atoms with Crippen molar-refractivity contribution in [2.75, 3.05) is 0 Å². The number of hydrogen-bond acceptors (Lipinski definition) is 2. The molecule has 1 aliphatic heterocycles. The molecule has 130 valence electrons. The first-order chi connectivity index (χ1) is 12.0. The summed E-state index contributed by atoms with van der Waals surface area (Å²) in [6.07, 6.45) is 4.03. The van der Waals surface area contributed by atoms with Gasteiger partial charge in [-0.3, -0.25) is 9.59 Å². The van der Waals surface area contributed by atoms with Gasteiger partial charge in [-0.25, -0.2) is 0 Å². The molecule has 2 aromatic rings. The lowest BCUT2D eigenvalue weighted by Crippen LogP contribution is -2.23. The summed E-state index contributed by atoms with van der Waals surface area (Å²) >= 11 is 12.2. The van der Waals surface area contributed by atoms with Crippen molar-refractivity contribution in [3.63, 3.8) is 0 Å². The molecule has 0 bridgehead atoms. The highest BCUT2D eigenvalue weighted by Crippen LogP contribution is 2.28. The molecule has 1 amide bonds. The fourth-order valence-corrected chi connectivity index (χ4v) is 3.34. The minimum absolute atomic E-state index is 0.0320. The van der Waals surface area contributed by atoms with Gasteiger partial charge in [-0.05, 0) is 42.2 Å². The molecule has 0 unspecified atom stereocenters. The zero-order valence-corrected chi connectivity index (χ0v) is 15.2. The summed E-state index contributed by atoms with van der Waals surface area (Å²) in [5.74, 6) is 0.0320. The highest BCUT2D eigenvalue weighted by Gasteiger charge is 2.20. The lowest BCUT2D eigenvalue weighted by molar-refractivity contribution is -0.119. The van der Waals surface area contributed by atoms with Gasteiger partial charge >= 0.3 is 0 Å². The zero-order chi connectivity index (χ0) is 18.0. The van der Waals surface area contributed by atoms with Crippen molar-refractivity contribution < 1.29 is 4.79 Å². The van der Waals surface area contributed by atoms with Crippen LogP contribution < -0.4 is 10.9 Å². The van der Waals surface area contributed by atoms with Gasteiger partial charge in [0, 0.05) is 28.8 Å². The first kappa shape index (κ1) is 17.8. The molecule has 2 N–H and O–H groups in total. The van der Waals surface area contributed by atoms with Crippen LogP contribution in [-0.4, -0.2) is 16.9 Å². The molecule has 1 saturated heterocycles. The number of carbonyl (C=O) groups excluding carboxylic acids is 1. The van der Waals surface area contributed by atoms with Crippen LogP contribution in [0.25, 0.3) is 5.57 Å². The van der Waals surface area contributed by atoms with Gasteiger partial charge in [0.25, 0.3) is 5.56 Å². The Hall–Kier alpha value is -2.04. The van der Waals surface area contributed by atoms with E-state index in [0.29, 0.717) is 17.1 Å². The molecule has 1 atom stereocenters. The molecule has 0 aliphatic carbocycles. The number of amides is 1. The predicted molar refractivity (Wildman–Crippen MR) is 101 cm³/mol. The highest BCUT2D eigenvalue weighted by molar-refractivity contribution is 6.31. The maximum absolute atomic E-state index is 11.9. The van der Waals surface area contributed by atoms with Gasteiger partial charge in [-0.15, -0.1) is 0 Å². The van der Waals surface area contributed by atoms with Crippen molar-refractivity contribution in [3.05, 3.63) is 73.6 Å². The van der Waals surface area contributed by atoms with Gasteiger partial charge in [0.15, 0.2) is 0 Å². The van der Waals surface area contributed by atoms with E-state index in [2.05, 4.69) is 10.3 Å². The van der Waals surface area contributed by atoms with E-state index in [9.17, 15) is 9.59 Å². The van der Waals surface area contributed by atoms with Crippen LogP contribution in [0, 0.1) is 0 Å². The fraction of sp³-hybridized carbons (Fsp3) is 0.263. The standard InChI is InChI=1S/C19H18Cl2N2O2/c1-2-11-3-4-12(9-16(11)21)14(10-13-5-8-18(24)22-13)17-7-6-15(20)19(25)23-17/h3-4,6-7,9-10,13H,2,5,8H2,1H3,(H,22,24)(H,23,25)/b14-10-/t13-/m1/s1. The number of carbonyl (C=O) groups is 1.